The van der Waals surface area contributed by atoms with Crippen LogP contribution in [-0.2, 0) is 0 Å². The lowest BCUT2D eigenvalue weighted by atomic mass is 10.3. The highest BCUT2D eigenvalue weighted by Gasteiger charge is 2.20. The smallest absolute Gasteiger partial charge is 0.107 e. The molecule has 0 spiro atoms. The van der Waals surface area contributed by atoms with Crippen LogP contribution in [0.5, 0.6) is 0 Å². The lowest BCUT2D eigenvalue weighted by Gasteiger charge is -1.99. The molecule has 1 fully saturated rings. The number of rotatable bonds is 1. The van der Waals surface area contributed by atoms with Crippen molar-refractivity contribution in [2.75, 3.05) is 13.1 Å². The van der Waals surface area contributed by atoms with Gasteiger partial charge in [0.2, 0.25) is 0 Å². The van der Waals surface area contributed by atoms with Crippen LogP contribution in [0.4, 0.5) is 0 Å². The molecule has 1 saturated heterocycles. The number of halogens is 1. The molecule has 3 nitrogen and oxygen atoms in total. The molecule has 0 saturated carbocycles. The van der Waals surface area contributed by atoms with E-state index in [4.69, 9.17) is 0 Å². The second kappa shape index (κ2) is 2.72. The van der Waals surface area contributed by atoms with Gasteiger partial charge in [0.05, 0.1) is 0 Å². The zero-order valence-electron chi connectivity index (χ0n) is 4.38. The van der Waals surface area contributed by atoms with Crippen molar-refractivity contribution < 1.29 is 0 Å². The van der Waals surface area contributed by atoms with Crippen LogP contribution in [0.15, 0.2) is 5.18 Å². The van der Waals surface area contributed by atoms with Gasteiger partial charge in [0.15, 0.2) is 0 Å². The van der Waals surface area contributed by atoms with Crippen molar-refractivity contribution in [2.24, 2.45) is 5.18 Å². The molecule has 0 N–H and O–H groups in total. The van der Waals surface area contributed by atoms with E-state index >= 15 is 0 Å². The predicted molar refractivity (Wildman–Crippen MR) is 39.8 cm³/mol. The van der Waals surface area contributed by atoms with E-state index in [0.29, 0.717) is 0 Å². The van der Waals surface area contributed by atoms with Gasteiger partial charge in [0.1, 0.15) is 6.04 Å². The van der Waals surface area contributed by atoms with Crippen molar-refractivity contribution >= 4 is 22.9 Å². The van der Waals surface area contributed by atoms with Crippen molar-refractivity contribution in [3.63, 3.8) is 0 Å². The molecule has 0 aromatic rings. The third-order valence-electron chi connectivity index (χ3n) is 1.26. The Morgan fingerprint density at radius 1 is 1.75 bits per heavy atom. The van der Waals surface area contributed by atoms with Gasteiger partial charge in [-0.15, -0.1) is 0 Å². The van der Waals surface area contributed by atoms with Gasteiger partial charge < -0.3 is 0 Å². The molecule has 46 valence electrons. The topological polar surface area (TPSA) is 32.7 Å². The molecule has 1 aliphatic rings. The summed E-state index contributed by atoms with van der Waals surface area (Å²) < 4.78 is 2.09. The van der Waals surface area contributed by atoms with Crippen molar-refractivity contribution in [3.05, 3.63) is 4.91 Å². The van der Waals surface area contributed by atoms with Crippen LogP contribution < -0.4 is 0 Å². The van der Waals surface area contributed by atoms with Gasteiger partial charge in [-0.25, -0.2) is 3.11 Å². The Labute approximate surface area is 61.9 Å². The normalized spacial score (nSPS) is 30.9. The molecular weight excluding hydrogens is 219 g/mol. The summed E-state index contributed by atoms with van der Waals surface area (Å²) in [6.07, 6.45) is 0.937. The predicted octanol–water partition coefficient (Wildman–Crippen LogP) is 1.18. The average Bonchev–Trinajstić information content (AvgIpc) is 2.14. The highest BCUT2D eigenvalue weighted by Crippen LogP contribution is 2.15. The van der Waals surface area contributed by atoms with Crippen LogP contribution in [0, 0.1) is 4.91 Å². The first-order chi connectivity index (χ1) is 3.83. The molecule has 8 heavy (non-hydrogen) atoms. The Bertz CT molecular complexity index is 98.0. The summed E-state index contributed by atoms with van der Waals surface area (Å²) >= 11 is 2.20. The summed E-state index contributed by atoms with van der Waals surface area (Å²) in [6.45, 7) is 1.85. The van der Waals surface area contributed by atoms with Crippen LogP contribution in [0.2, 0.25) is 0 Å². The summed E-state index contributed by atoms with van der Waals surface area (Å²) in [6, 6.07) is 0.0619. The van der Waals surface area contributed by atoms with Gasteiger partial charge in [-0.1, -0.05) is 5.18 Å². The maximum atomic E-state index is 9.87. The summed E-state index contributed by atoms with van der Waals surface area (Å²) in [5.41, 5.74) is 0. The molecule has 0 aliphatic carbocycles. The lowest BCUT2D eigenvalue weighted by molar-refractivity contribution is 0.617. The minimum Gasteiger partial charge on any atom is -0.245 e. The van der Waals surface area contributed by atoms with E-state index in [-0.39, 0.29) is 6.04 Å². The first kappa shape index (κ1) is 6.41. The standard InChI is InChI=1S/C4H7IN2O/c5-7-2-1-4(3-7)6-8/h4H,1-3H2. The first-order valence-electron chi connectivity index (χ1n) is 2.56. The zero-order valence-corrected chi connectivity index (χ0v) is 6.54. The van der Waals surface area contributed by atoms with Gasteiger partial charge in [-0.3, -0.25) is 0 Å². The third kappa shape index (κ3) is 1.38. The molecule has 0 radical (unpaired) electrons. The van der Waals surface area contributed by atoms with E-state index in [2.05, 4.69) is 31.2 Å². The molecule has 0 aromatic heterocycles. The zero-order chi connectivity index (χ0) is 5.98. The molecule has 1 aliphatic heterocycles. The van der Waals surface area contributed by atoms with Gasteiger partial charge >= 0.3 is 0 Å². The van der Waals surface area contributed by atoms with Crippen molar-refractivity contribution in [1.82, 2.24) is 3.11 Å². The van der Waals surface area contributed by atoms with Crippen molar-refractivity contribution in [1.29, 1.82) is 0 Å². The summed E-state index contributed by atoms with van der Waals surface area (Å²) in [4.78, 5) is 9.87. The third-order valence-corrected chi connectivity index (χ3v) is 2.14. The molecule has 1 heterocycles. The number of nitroso groups, excluding NO2 is 1. The second-order valence-electron chi connectivity index (χ2n) is 1.92. The Balaban J connectivity index is 2.32. The molecular formula is C4H7IN2O. The van der Waals surface area contributed by atoms with Gasteiger partial charge in [0, 0.05) is 36.0 Å². The largest absolute Gasteiger partial charge is 0.245 e. The molecule has 0 aromatic carbocycles. The SMILES string of the molecule is O=NC1CCN(I)C1. The molecule has 0 bridgehead atoms. The van der Waals surface area contributed by atoms with Gasteiger partial charge in [-0.05, 0) is 6.42 Å². The van der Waals surface area contributed by atoms with Crippen molar-refractivity contribution in [3.8, 4) is 0 Å². The molecule has 1 rings (SSSR count). The average molecular weight is 226 g/mol. The Kier molecular flexibility index (Phi) is 2.18. The highest BCUT2D eigenvalue weighted by molar-refractivity contribution is 14.1. The fraction of sp³-hybridized carbons (Fsp3) is 1.00. The number of nitrogens with zero attached hydrogens (tertiary/aromatic N) is 2. The summed E-state index contributed by atoms with van der Waals surface area (Å²) in [7, 11) is 0. The van der Waals surface area contributed by atoms with Crippen molar-refractivity contribution in [2.45, 2.75) is 12.5 Å². The Hall–Kier alpha value is 0.290. The Morgan fingerprint density at radius 3 is 2.75 bits per heavy atom. The number of hydrogen-bond acceptors (Lipinski definition) is 3. The van der Waals surface area contributed by atoms with E-state index in [9.17, 15) is 4.91 Å². The van der Waals surface area contributed by atoms with Crippen LogP contribution >= 0.6 is 22.9 Å². The quantitative estimate of drug-likeness (QED) is 0.382. The van der Waals surface area contributed by atoms with E-state index in [1.165, 1.54) is 0 Å². The van der Waals surface area contributed by atoms with Gasteiger partial charge in [-0.2, -0.15) is 4.91 Å². The fourth-order valence-electron chi connectivity index (χ4n) is 0.786. The van der Waals surface area contributed by atoms with Gasteiger partial charge in [0.25, 0.3) is 0 Å². The second-order valence-corrected chi connectivity index (χ2v) is 3.28. The Morgan fingerprint density at radius 2 is 2.50 bits per heavy atom. The molecule has 1 atom stereocenters. The van der Waals surface area contributed by atoms with E-state index in [1.54, 1.807) is 0 Å². The summed E-state index contributed by atoms with van der Waals surface area (Å²) in [5.74, 6) is 0. The first-order valence-corrected chi connectivity index (χ1v) is 3.52. The van der Waals surface area contributed by atoms with E-state index in [1.807, 2.05) is 0 Å². The minimum absolute atomic E-state index is 0.0619. The lowest BCUT2D eigenvalue weighted by Crippen LogP contribution is -2.08. The van der Waals surface area contributed by atoms with E-state index < -0.39 is 0 Å². The fourth-order valence-corrected chi connectivity index (χ4v) is 1.52. The summed E-state index contributed by atoms with van der Waals surface area (Å²) in [5, 5.41) is 2.94. The van der Waals surface area contributed by atoms with Crippen LogP contribution in [0.25, 0.3) is 0 Å². The number of hydrogen-bond donors (Lipinski definition) is 0. The van der Waals surface area contributed by atoms with Crippen LogP contribution in [-0.4, -0.2) is 22.2 Å². The maximum absolute atomic E-state index is 9.87. The van der Waals surface area contributed by atoms with Crippen LogP contribution in [0.3, 0.4) is 0 Å². The van der Waals surface area contributed by atoms with Crippen LogP contribution in [0.1, 0.15) is 6.42 Å². The highest BCUT2D eigenvalue weighted by atomic mass is 127. The molecule has 0 amide bonds. The molecule has 1 unspecified atom stereocenters. The monoisotopic (exact) mass is 226 g/mol. The minimum atomic E-state index is 0.0619. The van der Waals surface area contributed by atoms with E-state index in [0.717, 1.165) is 19.5 Å². The molecule has 4 heteroatoms. The maximum Gasteiger partial charge on any atom is 0.107 e.